The van der Waals surface area contributed by atoms with E-state index >= 15 is 0 Å². The molecule has 0 spiro atoms. The summed E-state index contributed by atoms with van der Waals surface area (Å²) in [5.41, 5.74) is 6.37. The summed E-state index contributed by atoms with van der Waals surface area (Å²) >= 11 is 1.90. The van der Waals surface area contributed by atoms with Gasteiger partial charge in [-0.15, -0.1) is 0 Å². The molecule has 3 heteroatoms. The molecular formula is C12H28N2S. The maximum Gasteiger partial charge on any atom is 0.0154 e. The van der Waals surface area contributed by atoms with Crippen molar-refractivity contribution in [3.05, 3.63) is 0 Å². The molecule has 92 valence electrons. The number of rotatable bonds is 6. The predicted molar refractivity (Wildman–Crippen MR) is 72.5 cm³/mol. The van der Waals surface area contributed by atoms with Gasteiger partial charge >= 0.3 is 0 Å². The normalized spacial score (nSPS) is 16.8. The Balaban J connectivity index is 3.85. The van der Waals surface area contributed by atoms with Crippen molar-refractivity contribution in [3.8, 4) is 0 Å². The monoisotopic (exact) mass is 232 g/mol. The average molecular weight is 232 g/mol. The molecule has 0 bridgehead atoms. The first-order valence-corrected chi connectivity index (χ1v) is 7.13. The van der Waals surface area contributed by atoms with Crippen LogP contribution in [0.1, 0.15) is 34.1 Å². The Kier molecular flexibility index (Phi) is 6.89. The van der Waals surface area contributed by atoms with Gasteiger partial charge in [-0.3, -0.25) is 0 Å². The number of nitrogens with zero attached hydrogens (tertiary/aromatic N) is 1. The van der Waals surface area contributed by atoms with E-state index in [0.29, 0.717) is 12.1 Å². The molecule has 0 fully saturated rings. The quantitative estimate of drug-likeness (QED) is 0.763. The molecule has 0 radical (unpaired) electrons. The standard InChI is InChI=1S/C12H28N2S/c1-10(9-15-6)14(5)8-7-11(13)12(2,3)4/h10-11H,7-9,13H2,1-6H3. The minimum Gasteiger partial charge on any atom is -0.327 e. The zero-order valence-corrected chi connectivity index (χ0v) is 12.0. The smallest absolute Gasteiger partial charge is 0.0154 e. The van der Waals surface area contributed by atoms with E-state index in [9.17, 15) is 0 Å². The van der Waals surface area contributed by atoms with E-state index in [2.05, 4.69) is 45.9 Å². The zero-order valence-electron chi connectivity index (χ0n) is 11.2. The van der Waals surface area contributed by atoms with Gasteiger partial charge in [-0.05, 0) is 38.6 Å². The van der Waals surface area contributed by atoms with Gasteiger partial charge < -0.3 is 10.6 Å². The first-order chi connectivity index (χ1) is 6.79. The number of nitrogens with two attached hydrogens (primary N) is 1. The van der Waals surface area contributed by atoms with Gasteiger partial charge in [0, 0.05) is 17.8 Å². The number of hydrogen-bond acceptors (Lipinski definition) is 3. The molecule has 0 heterocycles. The molecule has 2 N–H and O–H groups in total. The average Bonchev–Trinajstić information content (AvgIpc) is 2.12. The second-order valence-corrected chi connectivity index (χ2v) is 6.46. The number of hydrogen-bond donors (Lipinski definition) is 1. The summed E-state index contributed by atoms with van der Waals surface area (Å²) in [6.07, 6.45) is 3.24. The van der Waals surface area contributed by atoms with Crippen molar-refractivity contribution in [2.24, 2.45) is 11.1 Å². The van der Waals surface area contributed by atoms with Crippen LogP contribution in [0.3, 0.4) is 0 Å². The minimum atomic E-state index is 0.226. The lowest BCUT2D eigenvalue weighted by Gasteiger charge is -2.30. The van der Waals surface area contributed by atoms with Gasteiger partial charge in [0.25, 0.3) is 0 Å². The summed E-state index contributed by atoms with van der Waals surface area (Å²) in [4.78, 5) is 2.40. The highest BCUT2D eigenvalue weighted by atomic mass is 32.2. The van der Waals surface area contributed by atoms with Crippen molar-refractivity contribution in [1.29, 1.82) is 0 Å². The van der Waals surface area contributed by atoms with E-state index < -0.39 is 0 Å². The fourth-order valence-electron chi connectivity index (χ4n) is 1.36. The van der Waals surface area contributed by atoms with Crippen LogP contribution in [0.4, 0.5) is 0 Å². The van der Waals surface area contributed by atoms with Gasteiger partial charge in [0.1, 0.15) is 0 Å². The van der Waals surface area contributed by atoms with Gasteiger partial charge in [0.2, 0.25) is 0 Å². The first kappa shape index (κ1) is 15.3. The van der Waals surface area contributed by atoms with Gasteiger partial charge in [-0.2, -0.15) is 11.8 Å². The Labute approximate surface area is 100.0 Å². The Bertz CT molecular complexity index is 165. The highest BCUT2D eigenvalue weighted by Crippen LogP contribution is 2.20. The lowest BCUT2D eigenvalue weighted by atomic mass is 9.85. The molecular weight excluding hydrogens is 204 g/mol. The van der Waals surface area contributed by atoms with E-state index in [-0.39, 0.29) is 5.41 Å². The Morgan fingerprint density at radius 2 is 1.87 bits per heavy atom. The highest BCUT2D eigenvalue weighted by Gasteiger charge is 2.21. The predicted octanol–water partition coefficient (Wildman–Crippen LogP) is 2.43. The van der Waals surface area contributed by atoms with E-state index in [1.54, 1.807) is 0 Å². The van der Waals surface area contributed by atoms with Crippen molar-refractivity contribution >= 4 is 11.8 Å². The molecule has 0 aromatic rings. The lowest BCUT2D eigenvalue weighted by Crippen LogP contribution is -2.40. The van der Waals surface area contributed by atoms with Crippen LogP contribution in [0.25, 0.3) is 0 Å². The molecule has 0 saturated heterocycles. The molecule has 0 aliphatic heterocycles. The highest BCUT2D eigenvalue weighted by molar-refractivity contribution is 7.98. The van der Waals surface area contributed by atoms with Crippen LogP contribution in [-0.2, 0) is 0 Å². The molecule has 0 aliphatic rings. The van der Waals surface area contributed by atoms with Crippen molar-refractivity contribution in [3.63, 3.8) is 0 Å². The minimum absolute atomic E-state index is 0.226. The molecule has 0 rings (SSSR count). The molecule has 2 nitrogen and oxygen atoms in total. The van der Waals surface area contributed by atoms with Crippen LogP contribution in [-0.4, -0.2) is 42.6 Å². The van der Waals surface area contributed by atoms with E-state index in [1.165, 1.54) is 5.75 Å². The second kappa shape index (κ2) is 6.77. The Hall–Kier alpha value is 0.270. The van der Waals surface area contributed by atoms with Crippen LogP contribution in [0.15, 0.2) is 0 Å². The summed E-state index contributed by atoms with van der Waals surface area (Å²) in [5, 5.41) is 0. The van der Waals surface area contributed by atoms with Crippen molar-refractivity contribution in [2.45, 2.75) is 46.2 Å². The van der Waals surface area contributed by atoms with Gasteiger partial charge in [-0.1, -0.05) is 20.8 Å². The van der Waals surface area contributed by atoms with Crippen molar-refractivity contribution in [1.82, 2.24) is 4.90 Å². The summed E-state index contributed by atoms with van der Waals surface area (Å²) < 4.78 is 0. The molecule has 0 amide bonds. The van der Waals surface area contributed by atoms with Crippen LogP contribution < -0.4 is 5.73 Å². The lowest BCUT2D eigenvalue weighted by molar-refractivity contribution is 0.229. The molecule has 0 aromatic carbocycles. The van der Waals surface area contributed by atoms with Crippen LogP contribution in [0.5, 0.6) is 0 Å². The van der Waals surface area contributed by atoms with Crippen LogP contribution >= 0.6 is 11.8 Å². The topological polar surface area (TPSA) is 29.3 Å². The molecule has 2 unspecified atom stereocenters. The Morgan fingerprint density at radius 3 is 2.27 bits per heavy atom. The third-order valence-corrected chi connectivity index (χ3v) is 3.88. The summed E-state index contributed by atoms with van der Waals surface area (Å²) in [7, 11) is 2.19. The first-order valence-electron chi connectivity index (χ1n) is 5.73. The van der Waals surface area contributed by atoms with E-state index in [1.807, 2.05) is 11.8 Å². The Morgan fingerprint density at radius 1 is 1.33 bits per heavy atom. The summed E-state index contributed by atoms with van der Waals surface area (Å²) in [5.74, 6) is 1.20. The second-order valence-electron chi connectivity index (χ2n) is 5.55. The SMILES string of the molecule is CSCC(C)N(C)CCC(N)C(C)(C)C. The molecule has 15 heavy (non-hydrogen) atoms. The van der Waals surface area contributed by atoms with Gasteiger partial charge in [-0.25, -0.2) is 0 Å². The maximum absolute atomic E-state index is 6.14. The fraction of sp³-hybridized carbons (Fsp3) is 1.00. The fourth-order valence-corrected chi connectivity index (χ4v) is 2.10. The molecule has 0 aliphatic carbocycles. The number of thioether (sulfide) groups is 1. The van der Waals surface area contributed by atoms with Gasteiger partial charge in [0.05, 0.1) is 0 Å². The molecule has 2 atom stereocenters. The van der Waals surface area contributed by atoms with Crippen LogP contribution in [0.2, 0.25) is 0 Å². The van der Waals surface area contributed by atoms with Crippen molar-refractivity contribution < 1.29 is 0 Å². The molecule has 0 saturated carbocycles. The third-order valence-electron chi connectivity index (χ3n) is 3.07. The maximum atomic E-state index is 6.14. The summed E-state index contributed by atoms with van der Waals surface area (Å²) in [6, 6.07) is 0.939. The van der Waals surface area contributed by atoms with Gasteiger partial charge in [0.15, 0.2) is 0 Å². The summed E-state index contributed by atoms with van der Waals surface area (Å²) in [6.45, 7) is 10.0. The van der Waals surface area contributed by atoms with E-state index in [0.717, 1.165) is 13.0 Å². The van der Waals surface area contributed by atoms with Crippen molar-refractivity contribution in [2.75, 3.05) is 25.6 Å². The van der Waals surface area contributed by atoms with Crippen LogP contribution in [0, 0.1) is 5.41 Å². The molecule has 0 aromatic heterocycles. The zero-order chi connectivity index (χ0) is 12.1. The largest absolute Gasteiger partial charge is 0.327 e. The third kappa shape index (κ3) is 6.44. The van der Waals surface area contributed by atoms with E-state index in [4.69, 9.17) is 5.73 Å².